The van der Waals surface area contributed by atoms with Gasteiger partial charge in [0.05, 0.1) is 0 Å². The zero-order chi connectivity index (χ0) is 18.8. The van der Waals surface area contributed by atoms with Gasteiger partial charge in [-0.05, 0) is 62.6 Å². The molecule has 26 heavy (non-hydrogen) atoms. The summed E-state index contributed by atoms with van der Waals surface area (Å²) >= 11 is 0. The molecule has 0 aromatic heterocycles. The second-order valence-corrected chi connectivity index (χ2v) is 6.46. The number of hydrogen-bond acceptors (Lipinski definition) is 2. The van der Waals surface area contributed by atoms with Gasteiger partial charge >= 0.3 is 0 Å². The number of benzene rings is 3. The number of para-hydroxylation sites is 1. The summed E-state index contributed by atoms with van der Waals surface area (Å²) < 4.78 is 5.69. The quantitative estimate of drug-likeness (QED) is 0.547. The van der Waals surface area contributed by atoms with Crippen molar-refractivity contribution in [3.05, 3.63) is 89.5 Å². The maximum atomic E-state index is 9.34. The van der Waals surface area contributed by atoms with Crippen LogP contribution in [0.4, 0.5) is 0 Å². The maximum absolute atomic E-state index is 9.34. The fourth-order valence-electron chi connectivity index (χ4n) is 2.44. The number of ether oxygens (including phenoxy) is 1. The van der Waals surface area contributed by atoms with Crippen molar-refractivity contribution in [3.8, 4) is 17.2 Å². The van der Waals surface area contributed by atoms with E-state index in [1.54, 1.807) is 6.07 Å². The van der Waals surface area contributed by atoms with Gasteiger partial charge in [-0.2, -0.15) is 0 Å². The van der Waals surface area contributed by atoms with Gasteiger partial charge in [0.2, 0.25) is 0 Å². The lowest BCUT2D eigenvalue weighted by molar-refractivity contribution is 0.467. The Morgan fingerprint density at radius 3 is 1.69 bits per heavy atom. The molecule has 3 rings (SSSR count). The molecule has 0 aliphatic rings. The van der Waals surface area contributed by atoms with E-state index in [9.17, 15) is 5.11 Å². The molecule has 1 N–H and O–H groups in total. The highest BCUT2D eigenvalue weighted by molar-refractivity contribution is 5.34. The molecule has 2 heteroatoms. The van der Waals surface area contributed by atoms with E-state index in [2.05, 4.69) is 20.8 Å². The lowest BCUT2D eigenvalue weighted by Gasteiger charge is -2.05. The predicted octanol–water partition coefficient (Wildman–Crippen LogP) is 6.83. The Hall–Kier alpha value is -2.74. The second-order valence-electron chi connectivity index (χ2n) is 6.46. The lowest BCUT2D eigenvalue weighted by atomic mass is 10.1. The van der Waals surface area contributed by atoms with Gasteiger partial charge in [-0.3, -0.25) is 0 Å². The summed E-state index contributed by atoms with van der Waals surface area (Å²) in [6.45, 7) is 6.28. The summed E-state index contributed by atoms with van der Waals surface area (Å²) in [5.74, 6) is 2.19. The second kappa shape index (κ2) is 10.3. The van der Waals surface area contributed by atoms with Crippen LogP contribution in [-0.2, 0) is 6.42 Å². The SMILES string of the molecule is CCCCc1ccccc1O.Cc1ccc(Oc2ccc(C)cc2)cc1. The lowest BCUT2D eigenvalue weighted by Crippen LogP contribution is -1.84. The Bertz CT molecular complexity index is 731. The molecule has 0 aliphatic carbocycles. The van der Waals surface area contributed by atoms with Crippen molar-refractivity contribution in [1.82, 2.24) is 0 Å². The number of hydrogen-bond donors (Lipinski definition) is 1. The van der Waals surface area contributed by atoms with E-state index in [1.165, 1.54) is 17.5 Å². The number of aromatic hydroxyl groups is 1. The highest BCUT2D eigenvalue weighted by atomic mass is 16.5. The van der Waals surface area contributed by atoms with Crippen LogP contribution in [0, 0.1) is 13.8 Å². The maximum Gasteiger partial charge on any atom is 0.127 e. The predicted molar refractivity (Wildman–Crippen MR) is 109 cm³/mol. The van der Waals surface area contributed by atoms with Crippen LogP contribution in [0.15, 0.2) is 72.8 Å². The average molecular weight is 348 g/mol. The van der Waals surface area contributed by atoms with E-state index < -0.39 is 0 Å². The molecular formula is C24H28O2. The van der Waals surface area contributed by atoms with Gasteiger partial charge in [-0.25, -0.2) is 0 Å². The zero-order valence-electron chi connectivity index (χ0n) is 15.9. The van der Waals surface area contributed by atoms with Crippen molar-refractivity contribution >= 4 is 0 Å². The summed E-state index contributed by atoms with van der Waals surface area (Å²) in [5, 5.41) is 9.34. The molecule has 2 nitrogen and oxygen atoms in total. The number of phenolic OH excluding ortho intramolecular Hbond substituents is 1. The molecule has 0 bridgehead atoms. The fourth-order valence-corrected chi connectivity index (χ4v) is 2.44. The third-order valence-corrected chi connectivity index (χ3v) is 4.07. The van der Waals surface area contributed by atoms with Crippen LogP contribution in [0.25, 0.3) is 0 Å². The van der Waals surface area contributed by atoms with Crippen molar-refractivity contribution in [3.63, 3.8) is 0 Å². The molecule has 0 fully saturated rings. The summed E-state index contributed by atoms with van der Waals surface area (Å²) in [6.07, 6.45) is 3.31. The van der Waals surface area contributed by atoms with E-state index >= 15 is 0 Å². The summed E-state index contributed by atoms with van der Waals surface area (Å²) in [5.41, 5.74) is 3.55. The number of rotatable bonds is 5. The third kappa shape index (κ3) is 6.64. The Balaban J connectivity index is 0.000000197. The molecule has 0 unspecified atom stereocenters. The van der Waals surface area contributed by atoms with E-state index in [0.29, 0.717) is 5.75 Å². The molecule has 0 amide bonds. The topological polar surface area (TPSA) is 29.5 Å². The molecule has 3 aromatic rings. The molecule has 3 aromatic carbocycles. The molecule has 0 atom stereocenters. The molecule has 0 aliphatic heterocycles. The average Bonchev–Trinajstić information content (AvgIpc) is 2.65. The molecular weight excluding hydrogens is 320 g/mol. The first-order valence-electron chi connectivity index (χ1n) is 9.16. The van der Waals surface area contributed by atoms with Crippen LogP contribution >= 0.6 is 0 Å². The highest BCUT2D eigenvalue weighted by Gasteiger charge is 1.97. The van der Waals surface area contributed by atoms with Gasteiger partial charge in [0.1, 0.15) is 17.2 Å². The minimum absolute atomic E-state index is 0.431. The van der Waals surface area contributed by atoms with Crippen molar-refractivity contribution in [2.75, 3.05) is 0 Å². The molecule has 0 radical (unpaired) electrons. The smallest absolute Gasteiger partial charge is 0.127 e. The van der Waals surface area contributed by atoms with Crippen LogP contribution in [0.1, 0.15) is 36.5 Å². The van der Waals surface area contributed by atoms with Gasteiger partial charge in [0.25, 0.3) is 0 Å². The van der Waals surface area contributed by atoms with Crippen molar-refractivity contribution in [2.24, 2.45) is 0 Å². The summed E-state index contributed by atoms with van der Waals surface area (Å²) in [6, 6.07) is 23.6. The normalized spacial score (nSPS) is 9.96. The minimum Gasteiger partial charge on any atom is -0.508 e. The van der Waals surface area contributed by atoms with Crippen molar-refractivity contribution < 1.29 is 9.84 Å². The Morgan fingerprint density at radius 2 is 1.23 bits per heavy atom. The Morgan fingerprint density at radius 1 is 0.731 bits per heavy atom. The van der Waals surface area contributed by atoms with Crippen LogP contribution in [0.5, 0.6) is 17.2 Å². The zero-order valence-corrected chi connectivity index (χ0v) is 15.9. The molecule has 0 saturated carbocycles. The van der Waals surface area contributed by atoms with Crippen LogP contribution in [-0.4, -0.2) is 5.11 Å². The monoisotopic (exact) mass is 348 g/mol. The van der Waals surface area contributed by atoms with Gasteiger partial charge in [0, 0.05) is 0 Å². The van der Waals surface area contributed by atoms with Crippen molar-refractivity contribution in [1.29, 1.82) is 0 Å². The van der Waals surface area contributed by atoms with E-state index in [1.807, 2.05) is 66.7 Å². The molecule has 0 spiro atoms. The van der Waals surface area contributed by atoms with E-state index in [-0.39, 0.29) is 0 Å². The number of aryl methyl sites for hydroxylation is 3. The van der Waals surface area contributed by atoms with E-state index in [0.717, 1.165) is 29.9 Å². The number of phenols is 1. The van der Waals surface area contributed by atoms with Crippen LogP contribution in [0.2, 0.25) is 0 Å². The van der Waals surface area contributed by atoms with E-state index in [4.69, 9.17) is 4.74 Å². The summed E-state index contributed by atoms with van der Waals surface area (Å²) in [4.78, 5) is 0. The highest BCUT2D eigenvalue weighted by Crippen LogP contribution is 2.21. The van der Waals surface area contributed by atoms with Crippen LogP contribution < -0.4 is 4.74 Å². The molecule has 136 valence electrons. The minimum atomic E-state index is 0.431. The summed E-state index contributed by atoms with van der Waals surface area (Å²) in [7, 11) is 0. The first-order chi connectivity index (χ1) is 12.6. The van der Waals surface area contributed by atoms with Crippen LogP contribution in [0.3, 0.4) is 0 Å². The van der Waals surface area contributed by atoms with Gasteiger partial charge < -0.3 is 9.84 Å². The first-order valence-corrected chi connectivity index (χ1v) is 9.16. The standard InChI is InChI=1S/C14H14O.C10H14O/c1-11-3-7-13(8-4-11)15-14-9-5-12(2)6-10-14;1-2-3-6-9-7-4-5-8-10(9)11/h3-10H,1-2H3;4-5,7-8,11H,2-3,6H2,1H3. The third-order valence-electron chi connectivity index (χ3n) is 4.07. The van der Waals surface area contributed by atoms with Crippen molar-refractivity contribution in [2.45, 2.75) is 40.0 Å². The Kier molecular flexibility index (Phi) is 7.75. The number of unbranched alkanes of at least 4 members (excludes halogenated alkanes) is 1. The molecule has 0 heterocycles. The van der Waals surface area contributed by atoms with Gasteiger partial charge in [-0.15, -0.1) is 0 Å². The molecule has 0 saturated heterocycles. The first kappa shape index (κ1) is 19.6. The van der Waals surface area contributed by atoms with Gasteiger partial charge in [-0.1, -0.05) is 66.9 Å². The Labute approximate surface area is 157 Å². The largest absolute Gasteiger partial charge is 0.508 e. The fraction of sp³-hybridized carbons (Fsp3) is 0.250. The van der Waals surface area contributed by atoms with Gasteiger partial charge in [0.15, 0.2) is 0 Å².